The fourth-order valence-corrected chi connectivity index (χ4v) is 4.69. The van der Waals surface area contributed by atoms with Gasteiger partial charge in [-0.25, -0.2) is 14.6 Å². The van der Waals surface area contributed by atoms with Crippen LogP contribution < -0.4 is 19.7 Å². The Hall–Kier alpha value is -3.01. The van der Waals surface area contributed by atoms with E-state index in [9.17, 15) is 4.79 Å². The maximum absolute atomic E-state index is 12.3. The standard InChI is InChI=1S/C25H34N6O3S/c1-4-33-19-8-10-20(11-9-19)34-17-22(32)26-12-15-31-24-21(16-27-31)23(30-13-6-5-7-14-30)28-25(29-24)35-18(2)3/h8-11,16,18H,4-7,12-15,17H2,1-3H3,(H,26,32). The summed E-state index contributed by atoms with van der Waals surface area (Å²) in [5.41, 5.74) is 0.809. The van der Waals surface area contributed by atoms with E-state index >= 15 is 0 Å². The Labute approximate surface area is 210 Å². The predicted octanol–water partition coefficient (Wildman–Crippen LogP) is 3.91. The minimum Gasteiger partial charge on any atom is -0.494 e. The number of piperidine rings is 1. The Balaban J connectivity index is 1.37. The van der Waals surface area contributed by atoms with E-state index in [1.165, 1.54) is 19.3 Å². The lowest BCUT2D eigenvalue weighted by Crippen LogP contribution is -2.32. The zero-order valence-corrected chi connectivity index (χ0v) is 21.5. The molecule has 1 aliphatic heterocycles. The summed E-state index contributed by atoms with van der Waals surface area (Å²) in [5.74, 6) is 2.18. The van der Waals surface area contributed by atoms with Crippen molar-refractivity contribution < 1.29 is 14.3 Å². The molecule has 188 valence electrons. The van der Waals surface area contributed by atoms with Crippen molar-refractivity contribution in [3.8, 4) is 11.5 Å². The fraction of sp³-hybridized carbons (Fsp3) is 0.520. The van der Waals surface area contributed by atoms with E-state index in [0.29, 0.717) is 30.7 Å². The molecule has 9 nitrogen and oxygen atoms in total. The van der Waals surface area contributed by atoms with Gasteiger partial charge >= 0.3 is 0 Å². The van der Waals surface area contributed by atoms with Crippen molar-refractivity contribution in [2.24, 2.45) is 0 Å². The normalized spacial score (nSPS) is 13.9. The van der Waals surface area contributed by atoms with Crippen LogP contribution in [0, 0.1) is 0 Å². The highest BCUT2D eigenvalue weighted by molar-refractivity contribution is 7.99. The second-order valence-electron chi connectivity index (χ2n) is 8.69. The fourth-order valence-electron chi connectivity index (χ4n) is 3.99. The maximum Gasteiger partial charge on any atom is 0.258 e. The third-order valence-electron chi connectivity index (χ3n) is 5.60. The molecule has 0 bridgehead atoms. The Bertz CT molecular complexity index is 1110. The minimum atomic E-state index is -0.185. The molecule has 1 saturated heterocycles. The first-order valence-electron chi connectivity index (χ1n) is 12.3. The van der Waals surface area contributed by atoms with Gasteiger partial charge in [0.1, 0.15) is 17.3 Å². The monoisotopic (exact) mass is 498 g/mol. The van der Waals surface area contributed by atoms with Crippen LogP contribution in [0.3, 0.4) is 0 Å². The van der Waals surface area contributed by atoms with Crippen LogP contribution in [0.15, 0.2) is 35.6 Å². The molecule has 3 heterocycles. The Morgan fingerprint density at radius 3 is 2.49 bits per heavy atom. The van der Waals surface area contributed by atoms with Crippen LogP contribution in [0.4, 0.5) is 5.82 Å². The van der Waals surface area contributed by atoms with E-state index in [1.54, 1.807) is 23.9 Å². The molecule has 1 aliphatic rings. The molecule has 1 N–H and O–H groups in total. The van der Waals surface area contributed by atoms with Gasteiger partial charge in [0, 0.05) is 24.9 Å². The smallest absolute Gasteiger partial charge is 0.258 e. The first-order valence-corrected chi connectivity index (χ1v) is 13.2. The van der Waals surface area contributed by atoms with Gasteiger partial charge in [0.25, 0.3) is 5.91 Å². The summed E-state index contributed by atoms with van der Waals surface area (Å²) in [6, 6.07) is 7.23. The van der Waals surface area contributed by atoms with E-state index in [0.717, 1.165) is 40.8 Å². The molecular formula is C25H34N6O3S. The zero-order chi connectivity index (χ0) is 24.6. The lowest BCUT2D eigenvalue weighted by atomic mass is 10.1. The summed E-state index contributed by atoms with van der Waals surface area (Å²) < 4.78 is 12.8. The SMILES string of the molecule is CCOc1ccc(OCC(=O)NCCn2ncc3c(N4CCCCC4)nc(SC(C)C)nc32)cc1. The van der Waals surface area contributed by atoms with Crippen molar-refractivity contribution >= 4 is 34.5 Å². The number of amides is 1. The number of ether oxygens (including phenoxy) is 2. The van der Waals surface area contributed by atoms with Gasteiger partial charge in [-0.1, -0.05) is 25.6 Å². The molecule has 0 atom stereocenters. The molecule has 1 aromatic carbocycles. The lowest BCUT2D eigenvalue weighted by molar-refractivity contribution is -0.123. The molecule has 3 aromatic rings. The van der Waals surface area contributed by atoms with Gasteiger partial charge in [-0.2, -0.15) is 5.10 Å². The molecule has 0 spiro atoms. The van der Waals surface area contributed by atoms with Crippen LogP contribution in [0.2, 0.25) is 0 Å². The van der Waals surface area contributed by atoms with Crippen molar-refractivity contribution in [1.82, 2.24) is 25.1 Å². The van der Waals surface area contributed by atoms with Crippen LogP contribution in [0.1, 0.15) is 40.0 Å². The minimum absolute atomic E-state index is 0.0513. The molecule has 1 amide bonds. The van der Waals surface area contributed by atoms with Crippen molar-refractivity contribution in [2.45, 2.75) is 57.0 Å². The van der Waals surface area contributed by atoms with Crippen molar-refractivity contribution in [2.75, 3.05) is 37.7 Å². The summed E-state index contributed by atoms with van der Waals surface area (Å²) in [6.45, 7) is 9.73. The second kappa shape index (κ2) is 12.1. The third kappa shape index (κ3) is 6.78. The molecule has 2 aromatic heterocycles. The number of benzene rings is 1. The Kier molecular flexibility index (Phi) is 8.68. The Morgan fingerprint density at radius 1 is 1.09 bits per heavy atom. The van der Waals surface area contributed by atoms with Crippen molar-refractivity contribution in [3.05, 3.63) is 30.5 Å². The number of hydrogen-bond donors (Lipinski definition) is 1. The third-order valence-corrected chi connectivity index (χ3v) is 6.47. The van der Waals surface area contributed by atoms with Crippen LogP contribution >= 0.6 is 11.8 Å². The van der Waals surface area contributed by atoms with E-state index in [1.807, 2.05) is 29.9 Å². The van der Waals surface area contributed by atoms with Crippen LogP contribution in [-0.4, -0.2) is 63.8 Å². The summed E-state index contributed by atoms with van der Waals surface area (Å²) in [5, 5.41) is 9.58. The molecule has 0 radical (unpaired) electrons. The summed E-state index contributed by atoms with van der Waals surface area (Å²) in [7, 11) is 0. The highest BCUT2D eigenvalue weighted by Crippen LogP contribution is 2.30. The topological polar surface area (TPSA) is 94.4 Å². The second-order valence-corrected chi connectivity index (χ2v) is 10.2. The highest BCUT2D eigenvalue weighted by atomic mass is 32.2. The zero-order valence-electron chi connectivity index (χ0n) is 20.7. The maximum atomic E-state index is 12.3. The number of carbonyl (C=O) groups is 1. The summed E-state index contributed by atoms with van der Waals surface area (Å²) in [6.07, 6.45) is 5.47. The van der Waals surface area contributed by atoms with Crippen LogP contribution in [0.25, 0.3) is 11.0 Å². The molecule has 4 rings (SSSR count). The average Bonchev–Trinajstić information content (AvgIpc) is 3.26. The molecule has 35 heavy (non-hydrogen) atoms. The molecule has 0 unspecified atom stereocenters. The largest absolute Gasteiger partial charge is 0.494 e. The van der Waals surface area contributed by atoms with Gasteiger partial charge in [0.2, 0.25) is 0 Å². The number of thioether (sulfide) groups is 1. The van der Waals surface area contributed by atoms with E-state index in [4.69, 9.17) is 19.4 Å². The van der Waals surface area contributed by atoms with Crippen molar-refractivity contribution in [3.63, 3.8) is 0 Å². The summed E-state index contributed by atoms with van der Waals surface area (Å²) in [4.78, 5) is 24.3. The van der Waals surface area contributed by atoms with Gasteiger partial charge in [-0.05, 0) is 50.5 Å². The van der Waals surface area contributed by atoms with E-state index in [-0.39, 0.29) is 12.5 Å². The average molecular weight is 499 g/mol. The molecule has 1 fully saturated rings. The molecule has 0 aliphatic carbocycles. The first-order chi connectivity index (χ1) is 17.0. The first kappa shape index (κ1) is 25.1. The quantitative estimate of drug-likeness (QED) is 0.314. The Morgan fingerprint density at radius 2 is 1.80 bits per heavy atom. The number of hydrogen-bond acceptors (Lipinski definition) is 8. The van der Waals surface area contributed by atoms with Crippen LogP contribution in [0.5, 0.6) is 11.5 Å². The number of anilines is 1. The van der Waals surface area contributed by atoms with E-state index < -0.39 is 0 Å². The molecule has 10 heteroatoms. The van der Waals surface area contributed by atoms with Gasteiger partial charge in [0.05, 0.1) is 24.7 Å². The number of nitrogens with zero attached hydrogens (tertiary/aromatic N) is 5. The van der Waals surface area contributed by atoms with Gasteiger partial charge in [0.15, 0.2) is 17.4 Å². The van der Waals surface area contributed by atoms with Gasteiger partial charge in [-0.3, -0.25) is 4.79 Å². The lowest BCUT2D eigenvalue weighted by Gasteiger charge is -2.28. The number of aromatic nitrogens is 4. The van der Waals surface area contributed by atoms with Crippen molar-refractivity contribution in [1.29, 1.82) is 0 Å². The molecule has 0 saturated carbocycles. The number of nitrogens with one attached hydrogen (secondary N) is 1. The highest BCUT2D eigenvalue weighted by Gasteiger charge is 2.20. The number of rotatable bonds is 11. The number of carbonyl (C=O) groups excluding carboxylic acids is 1. The van der Waals surface area contributed by atoms with Gasteiger partial charge in [-0.15, -0.1) is 0 Å². The predicted molar refractivity (Wildman–Crippen MR) is 138 cm³/mol. The number of fused-ring (bicyclic) bond motifs is 1. The van der Waals surface area contributed by atoms with Gasteiger partial charge < -0.3 is 19.7 Å². The molecular weight excluding hydrogens is 464 g/mol. The van der Waals surface area contributed by atoms with Crippen LogP contribution in [-0.2, 0) is 11.3 Å². The summed E-state index contributed by atoms with van der Waals surface area (Å²) >= 11 is 1.66. The van der Waals surface area contributed by atoms with E-state index in [2.05, 4.69) is 29.2 Å².